The summed E-state index contributed by atoms with van der Waals surface area (Å²) in [6, 6.07) is 22.0. The molecular formula is C36H37N7O6. The van der Waals surface area contributed by atoms with Crippen LogP contribution in [-0.2, 0) is 17.8 Å². The topological polar surface area (TPSA) is 169 Å². The predicted octanol–water partition coefficient (Wildman–Crippen LogP) is 3.99. The van der Waals surface area contributed by atoms with E-state index in [2.05, 4.69) is 36.6 Å². The van der Waals surface area contributed by atoms with Crippen molar-refractivity contribution in [2.75, 3.05) is 25.1 Å². The monoisotopic (exact) mass is 663 g/mol. The Labute approximate surface area is 281 Å². The lowest BCUT2D eigenvalue weighted by molar-refractivity contribution is -0.0440. The van der Waals surface area contributed by atoms with Crippen molar-refractivity contribution in [3.8, 4) is 11.5 Å². The molecule has 5 N–H and O–H groups in total. The van der Waals surface area contributed by atoms with E-state index in [-0.39, 0.29) is 0 Å². The zero-order valence-corrected chi connectivity index (χ0v) is 26.8. The number of aliphatic hydroxyl groups excluding tert-OH is 2. The molecule has 3 aromatic carbocycles. The van der Waals surface area contributed by atoms with Crippen molar-refractivity contribution in [1.29, 1.82) is 0 Å². The lowest BCUT2D eigenvalue weighted by atomic mass is 10.1. The highest BCUT2D eigenvalue weighted by atomic mass is 16.5. The molecule has 1 aliphatic rings. The Morgan fingerprint density at radius 1 is 1.02 bits per heavy atom. The lowest BCUT2D eigenvalue weighted by Crippen LogP contribution is -2.46. The average molecular weight is 664 g/mol. The van der Waals surface area contributed by atoms with E-state index in [1.165, 1.54) is 12.7 Å². The normalized spacial score (nSPS) is 18.9. The first-order chi connectivity index (χ1) is 24.0. The summed E-state index contributed by atoms with van der Waals surface area (Å²) in [5.41, 5.74) is 4.55. The Kier molecular flexibility index (Phi) is 9.37. The quantitative estimate of drug-likeness (QED) is 0.122. The molecule has 4 heterocycles. The van der Waals surface area contributed by atoms with E-state index in [0.717, 1.165) is 27.8 Å². The van der Waals surface area contributed by atoms with Gasteiger partial charge in [-0.25, -0.2) is 15.0 Å². The molecule has 13 nitrogen and oxygen atoms in total. The second-order valence-electron chi connectivity index (χ2n) is 11.7. The maximum atomic E-state index is 13.3. The number of nitrogens with zero attached hydrogens (tertiary/aromatic N) is 4. The van der Waals surface area contributed by atoms with E-state index < -0.39 is 37.0 Å². The summed E-state index contributed by atoms with van der Waals surface area (Å²) in [6.07, 6.45) is 2.64. The molecule has 1 fully saturated rings. The second kappa shape index (κ2) is 14.3. The Bertz CT molecular complexity index is 2050. The molecule has 1 aliphatic heterocycles. The van der Waals surface area contributed by atoms with Gasteiger partial charge in [-0.1, -0.05) is 36.4 Å². The standard InChI is InChI=1S/C36H37N7O6/c1-2-47-25-10-6-9-23(15-25)35(46)42-30-32(45)29(18-44)49-36(30)43-21-41-31-33(39-20-40-34(31)43)37-14-13-24-17-38-28-12-11-26(16-27(24)28)48-19-22-7-4-3-5-8-22/h3-12,15-17,20-21,29-30,32,36,38,44-45H,2,13-14,18-19H2,1H3,(H,42,46)(H,37,39,40)/t29-,30-,32-,36-/m1/s1. The summed E-state index contributed by atoms with van der Waals surface area (Å²) in [5, 5.41) is 28.3. The Hall–Kier alpha value is -5.50. The fraction of sp³-hybridized carbons (Fsp3) is 0.278. The molecule has 4 atom stereocenters. The zero-order chi connectivity index (χ0) is 33.7. The smallest absolute Gasteiger partial charge is 0.251 e. The molecule has 3 aromatic heterocycles. The number of aromatic amines is 1. The fourth-order valence-electron chi connectivity index (χ4n) is 6.10. The van der Waals surface area contributed by atoms with Crippen molar-refractivity contribution in [3.05, 3.63) is 108 Å². The van der Waals surface area contributed by atoms with E-state index in [9.17, 15) is 15.0 Å². The maximum Gasteiger partial charge on any atom is 0.251 e. The molecule has 0 bridgehead atoms. The number of nitrogens with one attached hydrogen (secondary N) is 3. The Morgan fingerprint density at radius 2 is 1.88 bits per heavy atom. The summed E-state index contributed by atoms with van der Waals surface area (Å²) in [7, 11) is 0. The number of H-pyrrole nitrogens is 1. The van der Waals surface area contributed by atoms with Crippen LogP contribution in [0, 0.1) is 0 Å². The van der Waals surface area contributed by atoms with Gasteiger partial charge in [0.25, 0.3) is 5.91 Å². The Morgan fingerprint density at radius 3 is 2.71 bits per heavy atom. The minimum Gasteiger partial charge on any atom is -0.494 e. The maximum absolute atomic E-state index is 13.3. The van der Waals surface area contributed by atoms with Gasteiger partial charge in [-0.05, 0) is 60.9 Å². The van der Waals surface area contributed by atoms with Gasteiger partial charge in [-0.15, -0.1) is 0 Å². The van der Waals surface area contributed by atoms with Crippen LogP contribution in [-0.4, -0.2) is 78.6 Å². The number of rotatable bonds is 13. The minimum atomic E-state index is -1.19. The van der Waals surface area contributed by atoms with Gasteiger partial charge in [-0.3, -0.25) is 9.36 Å². The van der Waals surface area contributed by atoms with Crippen molar-refractivity contribution < 1.29 is 29.2 Å². The number of carbonyl (C=O) groups is 1. The number of carbonyl (C=O) groups excluding carboxylic acids is 1. The van der Waals surface area contributed by atoms with Crippen molar-refractivity contribution >= 4 is 33.8 Å². The summed E-state index contributed by atoms with van der Waals surface area (Å²) in [5.74, 6) is 1.46. The molecular weight excluding hydrogens is 626 g/mol. The number of hydrogen-bond donors (Lipinski definition) is 5. The van der Waals surface area contributed by atoms with Gasteiger partial charge in [0.05, 0.1) is 19.5 Å². The van der Waals surface area contributed by atoms with Crippen molar-refractivity contribution in [2.24, 2.45) is 0 Å². The number of ether oxygens (including phenoxy) is 3. The third kappa shape index (κ3) is 6.77. The molecule has 6 aromatic rings. The summed E-state index contributed by atoms with van der Waals surface area (Å²) >= 11 is 0. The van der Waals surface area contributed by atoms with Gasteiger partial charge in [0, 0.05) is 29.2 Å². The molecule has 7 rings (SSSR count). The van der Waals surface area contributed by atoms with Crippen LogP contribution >= 0.6 is 0 Å². The summed E-state index contributed by atoms with van der Waals surface area (Å²) in [4.78, 5) is 30.1. The number of benzene rings is 3. The molecule has 0 aliphatic carbocycles. The van der Waals surface area contributed by atoms with E-state index >= 15 is 0 Å². The number of amides is 1. The fourth-order valence-corrected chi connectivity index (χ4v) is 6.10. The van der Waals surface area contributed by atoms with Gasteiger partial charge in [0.2, 0.25) is 0 Å². The van der Waals surface area contributed by atoms with Crippen LogP contribution in [0.3, 0.4) is 0 Å². The van der Waals surface area contributed by atoms with E-state index in [0.29, 0.717) is 54.5 Å². The van der Waals surface area contributed by atoms with Crippen LogP contribution in [0.5, 0.6) is 11.5 Å². The molecule has 1 amide bonds. The highest BCUT2D eigenvalue weighted by Gasteiger charge is 2.46. The molecule has 0 spiro atoms. The minimum absolute atomic E-state index is 0.361. The highest BCUT2D eigenvalue weighted by Crippen LogP contribution is 2.33. The summed E-state index contributed by atoms with van der Waals surface area (Å²) < 4.78 is 19.3. The number of imidazole rings is 1. The Balaban J connectivity index is 1.05. The van der Waals surface area contributed by atoms with Crippen LogP contribution < -0.4 is 20.1 Å². The van der Waals surface area contributed by atoms with Crippen LogP contribution in [0.15, 0.2) is 91.6 Å². The third-order valence-electron chi connectivity index (χ3n) is 8.56. The second-order valence-corrected chi connectivity index (χ2v) is 11.7. The van der Waals surface area contributed by atoms with Crippen molar-refractivity contribution in [2.45, 2.75) is 44.4 Å². The number of aliphatic hydroxyl groups is 2. The molecule has 1 saturated heterocycles. The van der Waals surface area contributed by atoms with Crippen LogP contribution in [0.1, 0.15) is 34.6 Å². The highest BCUT2D eigenvalue weighted by molar-refractivity contribution is 5.95. The molecule has 252 valence electrons. The van der Waals surface area contributed by atoms with Crippen LogP contribution in [0.2, 0.25) is 0 Å². The van der Waals surface area contributed by atoms with Crippen LogP contribution in [0.4, 0.5) is 5.82 Å². The van der Waals surface area contributed by atoms with E-state index in [1.54, 1.807) is 28.8 Å². The molecule has 0 radical (unpaired) electrons. The molecule has 13 heteroatoms. The number of aromatic nitrogens is 5. The van der Waals surface area contributed by atoms with Gasteiger partial charge >= 0.3 is 0 Å². The molecule has 0 saturated carbocycles. The zero-order valence-electron chi connectivity index (χ0n) is 26.8. The largest absolute Gasteiger partial charge is 0.494 e. The first-order valence-electron chi connectivity index (χ1n) is 16.2. The number of fused-ring (bicyclic) bond motifs is 2. The molecule has 49 heavy (non-hydrogen) atoms. The van der Waals surface area contributed by atoms with E-state index in [4.69, 9.17) is 14.2 Å². The first kappa shape index (κ1) is 32.1. The van der Waals surface area contributed by atoms with Gasteiger partial charge in [0.15, 0.2) is 23.2 Å². The molecule has 0 unspecified atom stereocenters. The third-order valence-corrected chi connectivity index (χ3v) is 8.56. The number of hydrogen-bond acceptors (Lipinski definition) is 10. The van der Waals surface area contributed by atoms with Gasteiger partial charge in [0.1, 0.15) is 42.7 Å². The van der Waals surface area contributed by atoms with Gasteiger partial charge in [-0.2, -0.15) is 0 Å². The summed E-state index contributed by atoms with van der Waals surface area (Å²) in [6.45, 7) is 2.94. The van der Waals surface area contributed by atoms with Crippen molar-refractivity contribution in [1.82, 2.24) is 29.8 Å². The average Bonchev–Trinajstić information content (AvgIpc) is 3.83. The lowest BCUT2D eigenvalue weighted by Gasteiger charge is -2.23. The number of anilines is 1. The van der Waals surface area contributed by atoms with Crippen molar-refractivity contribution in [3.63, 3.8) is 0 Å². The van der Waals surface area contributed by atoms with Gasteiger partial charge < -0.3 is 40.0 Å². The van der Waals surface area contributed by atoms with E-state index in [1.807, 2.05) is 55.6 Å². The predicted molar refractivity (Wildman–Crippen MR) is 182 cm³/mol. The SMILES string of the molecule is CCOc1cccc(C(=O)N[C@@H]2[C@H](O)[C@@H](CO)O[C@H]2n2cnc3c(NCCc4c[nH]c5ccc(OCc6ccccc6)cc45)ncnc32)c1. The van der Waals surface area contributed by atoms with Crippen LogP contribution in [0.25, 0.3) is 22.1 Å². The first-order valence-corrected chi connectivity index (χ1v) is 16.2.